The molecule has 12 heavy (non-hydrogen) atoms. The molecule has 0 atom stereocenters. The standard InChI is InChI=1S/C7H5ClN2OS/c1-4-2-3-5-6(10(4)11)9-7(8)12-5/h2-3H,1H3. The summed E-state index contributed by atoms with van der Waals surface area (Å²) in [6.45, 7) is 1.74. The molecule has 0 unspecified atom stereocenters. The summed E-state index contributed by atoms with van der Waals surface area (Å²) in [6, 6.07) is 3.60. The fourth-order valence-electron chi connectivity index (χ4n) is 0.983. The van der Waals surface area contributed by atoms with Crippen LogP contribution in [-0.4, -0.2) is 4.98 Å². The van der Waals surface area contributed by atoms with E-state index in [-0.39, 0.29) is 0 Å². The van der Waals surface area contributed by atoms with Crippen LogP contribution in [0.5, 0.6) is 0 Å². The molecule has 0 spiro atoms. The van der Waals surface area contributed by atoms with E-state index >= 15 is 0 Å². The average molecular weight is 201 g/mol. The van der Waals surface area contributed by atoms with Gasteiger partial charge in [-0.15, -0.1) is 0 Å². The first-order valence-corrected chi connectivity index (χ1v) is 4.53. The molecule has 0 amide bonds. The lowest BCUT2D eigenvalue weighted by Gasteiger charge is -2.03. The monoisotopic (exact) mass is 200 g/mol. The molecule has 2 aromatic heterocycles. The molecule has 0 aliphatic rings. The van der Waals surface area contributed by atoms with Crippen LogP contribution < -0.4 is 4.73 Å². The first-order chi connectivity index (χ1) is 5.68. The molecular weight excluding hydrogens is 196 g/mol. The number of halogens is 1. The minimum Gasteiger partial charge on any atom is -0.710 e. The highest BCUT2D eigenvalue weighted by atomic mass is 35.5. The third-order valence-electron chi connectivity index (χ3n) is 1.60. The summed E-state index contributed by atoms with van der Waals surface area (Å²) >= 11 is 6.97. The number of thiazole rings is 1. The molecule has 2 rings (SSSR count). The molecule has 2 heterocycles. The summed E-state index contributed by atoms with van der Waals surface area (Å²) in [5, 5.41) is 11.3. The van der Waals surface area contributed by atoms with Gasteiger partial charge in [-0.25, -0.2) is 4.73 Å². The van der Waals surface area contributed by atoms with Crippen molar-refractivity contribution < 1.29 is 4.73 Å². The van der Waals surface area contributed by atoms with Crippen LogP contribution in [0.2, 0.25) is 4.47 Å². The van der Waals surface area contributed by atoms with Crippen molar-refractivity contribution in [3.63, 3.8) is 0 Å². The van der Waals surface area contributed by atoms with Crippen LogP contribution in [-0.2, 0) is 0 Å². The van der Waals surface area contributed by atoms with Crippen LogP contribution in [0.4, 0.5) is 0 Å². The van der Waals surface area contributed by atoms with E-state index in [1.165, 1.54) is 11.3 Å². The van der Waals surface area contributed by atoms with Crippen LogP contribution in [0.1, 0.15) is 5.69 Å². The normalized spacial score (nSPS) is 10.8. The first-order valence-electron chi connectivity index (χ1n) is 3.33. The van der Waals surface area contributed by atoms with Gasteiger partial charge in [0.15, 0.2) is 0 Å². The zero-order valence-corrected chi connectivity index (χ0v) is 7.82. The molecule has 0 bridgehead atoms. The smallest absolute Gasteiger partial charge is 0.346 e. The molecular formula is C7H5ClN2OS. The maximum Gasteiger partial charge on any atom is 0.346 e. The predicted molar refractivity (Wildman–Crippen MR) is 48.3 cm³/mol. The number of pyridine rings is 1. The van der Waals surface area contributed by atoms with Gasteiger partial charge in [-0.2, -0.15) is 0 Å². The lowest BCUT2D eigenvalue weighted by Crippen LogP contribution is -2.30. The third kappa shape index (κ3) is 1.04. The highest BCUT2D eigenvalue weighted by molar-refractivity contribution is 7.21. The number of nitrogens with zero attached hydrogens (tertiary/aromatic N) is 2. The van der Waals surface area contributed by atoms with Gasteiger partial charge < -0.3 is 5.21 Å². The number of fused-ring (bicyclic) bond motifs is 1. The van der Waals surface area contributed by atoms with Crippen molar-refractivity contribution in [1.29, 1.82) is 0 Å². The van der Waals surface area contributed by atoms with E-state index in [9.17, 15) is 5.21 Å². The Labute approximate surface area is 77.8 Å². The minimum atomic E-state index is 0.403. The SMILES string of the molecule is Cc1ccc2sc(Cl)nc2[n+]1[O-]. The van der Waals surface area contributed by atoms with Crippen molar-refractivity contribution in [1.82, 2.24) is 4.98 Å². The van der Waals surface area contributed by atoms with Crippen molar-refractivity contribution >= 4 is 33.3 Å². The van der Waals surface area contributed by atoms with Crippen LogP contribution >= 0.6 is 22.9 Å². The Morgan fingerprint density at radius 1 is 1.58 bits per heavy atom. The van der Waals surface area contributed by atoms with Crippen molar-refractivity contribution in [3.8, 4) is 0 Å². The van der Waals surface area contributed by atoms with Crippen LogP contribution in [0, 0.1) is 12.1 Å². The summed E-state index contributed by atoms with van der Waals surface area (Å²) in [7, 11) is 0. The van der Waals surface area contributed by atoms with Crippen LogP contribution in [0.15, 0.2) is 12.1 Å². The summed E-state index contributed by atoms with van der Waals surface area (Å²) in [6.07, 6.45) is 0. The van der Waals surface area contributed by atoms with Crippen LogP contribution in [0.25, 0.3) is 10.3 Å². The molecule has 0 radical (unpaired) electrons. The van der Waals surface area contributed by atoms with Gasteiger partial charge in [0.2, 0.25) is 0 Å². The van der Waals surface area contributed by atoms with Crippen LogP contribution in [0.3, 0.4) is 0 Å². The topological polar surface area (TPSA) is 39.8 Å². The molecule has 0 saturated heterocycles. The maximum absolute atomic E-state index is 11.3. The second-order valence-electron chi connectivity index (χ2n) is 2.42. The zero-order valence-electron chi connectivity index (χ0n) is 6.24. The maximum atomic E-state index is 11.3. The second-order valence-corrected chi connectivity index (χ2v) is 4.04. The van der Waals surface area contributed by atoms with E-state index in [0.717, 1.165) is 9.43 Å². The molecule has 0 saturated carbocycles. The van der Waals surface area contributed by atoms with E-state index < -0.39 is 0 Å². The highest BCUT2D eigenvalue weighted by Crippen LogP contribution is 2.22. The lowest BCUT2D eigenvalue weighted by molar-refractivity contribution is -0.586. The number of rotatable bonds is 0. The second kappa shape index (κ2) is 2.57. The molecule has 62 valence electrons. The van der Waals surface area contributed by atoms with Crippen molar-refractivity contribution in [2.75, 3.05) is 0 Å². The summed E-state index contributed by atoms with van der Waals surface area (Å²) in [5.74, 6) is 0. The highest BCUT2D eigenvalue weighted by Gasteiger charge is 2.12. The van der Waals surface area contributed by atoms with Gasteiger partial charge in [-0.1, -0.05) is 11.3 Å². The fraction of sp³-hybridized carbons (Fsp3) is 0.143. The molecule has 2 aromatic rings. The average Bonchev–Trinajstić information content (AvgIpc) is 2.39. The molecule has 0 fully saturated rings. The van der Waals surface area contributed by atoms with Gasteiger partial charge in [0.1, 0.15) is 10.4 Å². The zero-order chi connectivity index (χ0) is 8.72. The van der Waals surface area contributed by atoms with Gasteiger partial charge in [0.05, 0.1) is 0 Å². The third-order valence-corrected chi connectivity index (χ3v) is 2.71. The Hall–Kier alpha value is -0.870. The van der Waals surface area contributed by atoms with Gasteiger partial charge >= 0.3 is 5.65 Å². The van der Waals surface area contributed by atoms with E-state index in [0.29, 0.717) is 15.8 Å². The predicted octanol–water partition coefficient (Wildman–Crippen LogP) is 1.89. The first kappa shape index (κ1) is 7.76. The van der Waals surface area contributed by atoms with Crippen molar-refractivity contribution in [2.24, 2.45) is 0 Å². The van der Waals surface area contributed by atoms with E-state index in [1.807, 2.05) is 6.07 Å². The van der Waals surface area contributed by atoms with Gasteiger partial charge in [-0.3, -0.25) is 0 Å². The molecule has 0 N–H and O–H groups in total. The molecule has 3 nitrogen and oxygen atoms in total. The summed E-state index contributed by atoms with van der Waals surface area (Å²) in [5.41, 5.74) is 1.04. The van der Waals surface area contributed by atoms with E-state index in [4.69, 9.17) is 11.6 Å². The Balaban J connectivity index is 2.89. The quantitative estimate of drug-likeness (QED) is 0.481. The number of aromatic nitrogens is 2. The summed E-state index contributed by atoms with van der Waals surface area (Å²) < 4.78 is 2.01. The van der Waals surface area contributed by atoms with E-state index in [1.54, 1.807) is 13.0 Å². The molecule has 0 aliphatic heterocycles. The Morgan fingerprint density at radius 3 is 3.08 bits per heavy atom. The molecule has 5 heteroatoms. The van der Waals surface area contributed by atoms with Crippen molar-refractivity contribution in [3.05, 3.63) is 27.5 Å². The van der Waals surface area contributed by atoms with E-state index in [2.05, 4.69) is 4.98 Å². The number of aryl methyl sites for hydroxylation is 1. The molecule has 0 aliphatic carbocycles. The Morgan fingerprint density at radius 2 is 2.33 bits per heavy atom. The van der Waals surface area contributed by atoms with Crippen molar-refractivity contribution in [2.45, 2.75) is 6.92 Å². The number of hydrogen-bond donors (Lipinski definition) is 0. The van der Waals surface area contributed by atoms with Gasteiger partial charge in [-0.05, 0) is 35.6 Å². The van der Waals surface area contributed by atoms with Gasteiger partial charge in [0, 0.05) is 0 Å². The van der Waals surface area contributed by atoms with Gasteiger partial charge in [0.25, 0.3) is 4.47 Å². The molecule has 0 aromatic carbocycles. The number of hydrogen-bond acceptors (Lipinski definition) is 3. The Bertz CT molecular complexity index is 440. The Kier molecular flexibility index (Phi) is 1.66. The summed E-state index contributed by atoms with van der Waals surface area (Å²) in [4.78, 5) is 3.91. The lowest BCUT2D eigenvalue weighted by atomic mass is 10.4. The fourth-order valence-corrected chi connectivity index (χ4v) is 1.98. The minimum absolute atomic E-state index is 0.403. The largest absolute Gasteiger partial charge is 0.710 e.